The molecule has 7 heteroatoms. The van der Waals surface area contributed by atoms with E-state index in [4.69, 9.17) is 4.74 Å². The average molecular weight is 404 g/mol. The van der Waals surface area contributed by atoms with Gasteiger partial charge >= 0.3 is 6.09 Å². The van der Waals surface area contributed by atoms with Crippen molar-refractivity contribution in [1.82, 2.24) is 15.1 Å². The third kappa shape index (κ3) is 7.31. The van der Waals surface area contributed by atoms with Crippen LogP contribution in [-0.4, -0.2) is 61.7 Å². The first-order valence-corrected chi connectivity index (χ1v) is 9.20. The van der Waals surface area contributed by atoms with Gasteiger partial charge in [-0.1, -0.05) is 30.3 Å². The maximum atomic E-state index is 12.2. The van der Waals surface area contributed by atoms with Gasteiger partial charge in [-0.3, -0.25) is 4.90 Å². The highest BCUT2D eigenvalue weighted by atomic mass is 35.5. The Kier molecular flexibility index (Phi) is 11.0. The summed E-state index contributed by atoms with van der Waals surface area (Å²) in [4.78, 5) is 16.5. The van der Waals surface area contributed by atoms with Crippen LogP contribution in [0.3, 0.4) is 0 Å². The fourth-order valence-corrected chi connectivity index (χ4v) is 3.50. The van der Waals surface area contributed by atoms with Gasteiger partial charge in [-0.15, -0.1) is 24.8 Å². The van der Waals surface area contributed by atoms with Crippen LogP contribution in [-0.2, 0) is 11.3 Å². The molecule has 2 saturated heterocycles. The van der Waals surface area contributed by atoms with Crippen molar-refractivity contribution in [1.29, 1.82) is 0 Å². The first-order chi connectivity index (χ1) is 11.8. The fraction of sp³-hybridized carbons (Fsp3) is 0.632. The maximum Gasteiger partial charge on any atom is 0.410 e. The molecule has 1 aromatic rings. The zero-order chi connectivity index (χ0) is 16.6. The Hall–Kier alpha value is -1.01. The lowest BCUT2D eigenvalue weighted by atomic mass is 9.94. The lowest BCUT2D eigenvalue weighted by molar-refractivity contribution is 0.0699. The minimum atomic E-state index is -0.183. The number of piperazine rings is 1. The number of carbonyl (C=O) groups is 1. The monoisotopic (exact) mass is 403 g/mol. The Balaban J connectivity index is 0.00000169. The number of piperidine rings is 1. The second-order valence-electron chi connectivity index (χ2n) is 6.85. The molecule has 1 amide bonds. The summed E-state index contributed by atoms with van der Waals surface area (Å²) in [5.41, 5.74) is 1.03. The van der Waals surface area contributed by atoms with E-state index in [0.29, 0.717) is 6.61 Å². The van der Waals surface area contributed by atoms with Gasteiger partial charge in [0.15, 0.2) is 0 Å². The number of ether oxygens (including phenoxy) is 1. The normalized spacial score (nSPS) is 18.5. The third-order valence-corrected chi connectivity index (χ3v) is 5.15. The highest BCUT2D eigenvalue weighted by Crippen LogP contribution is 2.17. The molecule has 26 heavy (non-hydrogen) atoms. The molecular weight excluding hydrogens is 373 g/mol. The van der Waals surface area contributed by atoms with Gasteiger partial charge in [0.05, 0.1) is 0 Å². The second-order valence-corrected chi connectivity index (χ2v) is 6.85. The van der Waals surface area contributed by atoms with E-state index in [-0.39, 0.29) is 30.9 Å². The first-order valence-electron chi connectivity index (χ1n) is 9.20. The van der Waals surface area contributed by atoms with Gasteiger partial charge in [-0.05, 0) is 50.4 Å². The summed E-state index contributed by atoms with van der Waals surface area (Å²) >= 11 is 0. The molecule has 148 valence electrons. The van der Waals surface area contributed by atoms with Gasteiger partial charge in [0.1, 0.15) is 6.61 Å². The van der Waals surface area contributed by atoms with Crippen LogP contribution in [0.5, 0.6) is 0 Å². The highest BCUT2D eigenvalue weighted by Gasteiger charge is 2.23. The highest BCUT2D eigenvalue weighted by molar-refractivity contribution is 5.85. The minimum Gasteiger partial charge on any atom is -0.445 e. The van der Waals surface area contributed by atoms with Crippen LogP contribution >= 0.6 is 24.8 Å². The summed E-state index contributed by atoms with van der Waals surface area (Å²) < 4.78 is 5.42. The molecular formula is C19H31Cl2N3O2. The molecule has 1 N–H and O–H groups in total. The van der Waals surface area contributed by atoms with Crippen LogP contribution in [0.1, 0.15) is 24.8 Å². The molecule has 0 unspecified atom stereocenters. The first kappa shape index (κ1) is 23.0. The van der Waals surface area contributed by atoms with Crippen LogP contribution in [0.4, 0.5) is 4.79 Å². The number of nitrogens with one attached hydrogen (secondary N) is 1. The number of amides is 1. The Bertz CT molecular complexity index is 505. The van der Waals surface area contributed by atoms with Gasteiger partial charge in [0.2, 0.25) is 0 Å². The fourth-order valence-electron chi connectivity index (χ4n) is 3.50. The number of hydrogen-bond donors (Lipinski definition) is 1. The van der Waals surface area contributed by atoms with Gasteiger partial charge in [0.25, 0.3) is 0 Å². The molecule has 0 radical (unpaired) electrons. The van der Waals surface area contributed by atoms with Crippen molar-refractivity contribution in [3.05, 3.63) is 35.9 Å². The summed E-state index contributed by atoms with van der Waals surface area (Å²) in [6, 6.07) is 9.85. The van der Waals surface area contributed by atoms with E-state index in [0.717, 1.165) is 44.2 Å². The van der Waals surface area contributed by atoms with Crippen LogP contribution in [0.15, 0.2) is 30.3 Å². The number of halogens is 2. The molecule has 2 heterocycles. The van der Waals surface area contributed by atoms with Crippen molar-refractivity contribution in [3.8, 4) is 0 Å². The summed E-state index contributed by atoms with van der Waals surface area (Å²) in [5.74, 6) is 0.875. The summed E-state index contributed by atoms with van der Waals surface area (Å²) in [5, 5.41) is 3.42. The average Bonchev–Trinajstić information content (AvgIpc) is 2.66. The van der Waals surface area contributed by atoms with E-state index in [1.807, 2.05) is 35.2 Å². The minimum absolute atomic E-state index is 0. The van der Waals surface area contributed by atoms with Crippen LogP contribution in [0.25, 0.3) is 0 Å². The van der Waals surface area contributed by atoms with Gasteiger partial charge in [0, 0.05) is 26.2 Å². The number of nitrogens with zero attached hydrogens (tertiary/aromatic N) is 2. The predicted molar refractivity (Wildman–Crippen MR) is 109 cm³/mol. The molecule has 0 saturated carbocycles. The summed E-state index contributed by atoms with van der Waals surface area (Å²) in [6.07, 6.45) is 3.73. The summed E-state index contributed by atoms with van der Waals surface area (Å²) in [6.45, 7) is 7.35. The molecule has 2 aliphatic rings. The van der Waals surface area contributed by atoms with Gasteiger partial charge in [-0.25, -0.2) is 4.79 Å². The Morgan fingerprint density at radius 2 is 1.69 bits per heavy atom. The number of rotatable bonds is 5. The topological polar surface area (TPSA) is 44.8 Å². The SMILES string of the molecule is Cl.Cl.O=C(OCc1ccccc1)N1CCN(CCC2CCNCC2)CC1. The molecule has 0 spiro atoms. The van der Waals surface area contributed by atoms with Crippen molar-refractivity contribution in [2.75, 3.05) is 45.8 Å². The molecule has 0 aliphatic carbocycles. The Labute approximate surface area is 169 Å². The number of hydrogen-bond acceptors (Lipinski definition) is 4. The Morgan fingerprint density at radius 3 is 2.35 bits per heavy atom. The van der Waals surface area contributed by atoms with E-state index in [2.05, 4.69) is 10.2 Å². The van der Waals surface area contributed by atoms with Crippen LogP contribution < -0.4 is 5.32 Å². The van der Waals surface area contributed by atoms with Crippen molar-refractivity contribution in [2.45, 2.75) is 25.9 Å². The molecule has 5 nitrogen and oxygen atoms in total. The quantitative estimate of drug-likeness (QED) is 0.819. The zero-order valence-corrected chi connectivity index (χ0v) is 16.9. The van der Waals surface area contributed by atoms with E-state index >= 15 is 0 Å². The van der Waals surface area contributed by atoms with Crippen molar-refractivity contribution in [3.63, 3.8) is 0 Å². The molecule has 0 aromatic heterocycles. The van der Waals surface area contributed by atoms with Crippen molar-refractivity contribution < 1.29 is 9.53 Å². The van der Waals surface area contributed by atoms with E-state index in [1.165, 1.54) is 32.4 Å². The van der Waals surface area contributed by atoms with Crippen molar-refractivity contribution >= 4 is 30.9 Å². The molecule has 1 aromatic carbocycles. The lowest BCUT2D eigenvalue weighted by Gasteiger charge is -2.35. The lowest BCUT2D eigenvalue weighted by Crippen LogP contribution is -2.49. The second kappa shape index (κ2) is 12.4. The molecule has 2 fully saturated rings. The van der Waals surface area contributed by atoms with Gasteiger partial charge in [-0.2, -0.15) is 0 Å². The van der Waals surface area contributed by atoms with Crippen molar-refractivity contribution in [2.24, 2.45) is 5.92 Å². The van der Waals surface area contributed by atoms with E-state index in [9.17, 15) is 4.79 Å². The molecule has 2 aliphatic heterocycles. The van der Waals surface area contributed by atoms with Gasteiger partial charge < -0.3 is 15.0 Å². The van der Waals surface area contributed by atoms with E-state index < -0.39 is 0 Å². The standard InChI is InChI=1S/C19H29N3O2.2ClH/c23-19(24-16-18-4-2-1-3-5-18)22-14-12-21(13-15-22)11-8-17-6-9-20-10-7-17;;/h1-5,17,20H,6-16H2;2*1H. The number of carbonyl (C=O) groups excluding carboxylic acids is 1. The Morgan fingerprint density at radius 1 is 1.04 bits per heavy atom. The summed E-state index contributed by atoms with van der Waals surface area (Å²) in [7, 11) is 0. The smallest absolute Gasteiger partial charge is 0.410 e. The molecule has 0 atom stereocenters. The largest absolute Gasteiger partial charge is 0.445 e. The molecule has 0 bridgehead atoms. The van der Waals surface area contributed by atoms with Crippen LogP contribution in [0.2, 0.25) is 0 Å². The molecule has 3 rings (SSSR count). The zero-order valence-electron chi connectivity index (χ0n) is 15.3. The third-order valence-electron chi connectivity index (χ3n) is 5.15. The predicted octanol–water partition coefficient (Wildman–Crippen LogP) is 3.17. The van der Waals surface area contributed by atoms with E-state index in [1.54, 1.807) is 0 Å². The number of benzene rings is 1. The van der Waals surface area contributed by atoms with Crippen LogP contribution in [0, 0.1) is 5.92 Å². The maximum absolute atomic E-state index is 12.2.